The number of esters is 1. The van der Waals surface area contributed by atoms with Crippen LogP contribution in [0.2, 0.25) is 0 Å². The predicted molar refractivity (Wildman–Crippen MR) is 109 cm³/mol. The quantitative estimate of drug-likeness (QED) is 0.474. The second-order valence-corrected chi connectivity index (χ2v) is 6.55. The normalized spacial score (nSPS) is 14.7. The second kappa shape index (κ2) is 7.92. The second-order valence-electron chi connectivity index (χ2n) is 6.55. The summed E-state index contributed by atoms with van der Waals surface area (Å²) in [6.07, 6.45) is 1.71. The smallest absolute Gasteiger partial charge is 0.363 e. The zero-order valence-corrected chi connectivity index (χ0v) is 15.5. The molecule has 4 rings (SSSR count). The van der Waals surface area contributed by atoms with E-state index in [2.05, 4.69) is 4.99 Å². The summed E-state index contributed by atoms with van der Waals surface area (Å²) in [5.41, 5.74) is 4.11. The molecule has 0 fully saturated rings. The van der Waals surface area contributed by atoms with E-state index in [1.165, 1.54) is 0 Å². The molecule has 28 heavy (non-hydrogen) atoms. The molecule has 3 aromatic rings. The Hall–Kier alpha value is -3.66. The number of rotatable bonds is 5. The molecule has 0 saturated heterocycles. The molecule has 0 unspecified atom stereocenters. The number of carbonyl (C=O) groups excluding carboxylic acids is 1. The van der Waals surface area contributed by atoms with Crippen molar-refractivity contribution in [1.82, 2.24) is 0 Å². The number of nitrogens with zero attached hydrogens (tertiary/aromatic N) is 1. The number of aliphatic imine (C=N–C) groups is 1. The first-order chi connectivity index (χ1) is 13.7. The van der Waals surface area contributed by atoms with E-state index in [1.54, 1.807) is 6.08 Å². The predicted octanol–water partition coefficient (Wildman–Crippen LogP) is 4.92. The summed E-state index contributed by atoms with van der Waals surface area (Å²) in [6.45, 7) is 2.49. The summed E-state index contributed by atoms with van der Waals surface area (Å²) in [5, 5.41) is 0. The van der Waals surface area contributed by atoms with E-state index in [0.29, 0.717) is 12.5 Å². The highest BCUT2D eigenvalue weighted by Gasteiger charge is 2.24. The van der Waals surface area contributed by atoms with Crippen LogP contribution in [0.1, 0.15) is 22.3 Å². The van der Waals surface area contributed by atoms with E-state index in [0.717, 1.165) is 28.0 Å². The van der Waals surface area contributed by atoms with Crippen LogP contribution in [0.5, 0.6) is 5.75 Å². The number of hydrogen-bond donors (Lipinski definition) is 0. The first-order valence-electron chi connectivity index (χ1n) is 9.04. The average molecular weight is 369 g/mol. The SMILES string of the molecule is Cc1ccc(C2=N/C(=C\c3cccc(OCc4ccccc4)c3)C(=O)O2)cc1. The maximum absolute atomic E-state index is 12.2. The molecule has 0 atom stereocenters. The highest BCUT2D eigenvalue weighted by molar-refractivity contribution is 6.12. The van der Waals surface area contributed by atoms with Gasteiger partial charge in [0.1, 0.15) is 12.4 Å². The molecule has 0 radical (unpaired) electrons. The Bertz CT molecular complexity index is 1050. The highest BCUT2D eigenvalue weighted by Crippen LogP contribution is 2.22. The van der Waals surface area contributed by atoms with Crippen LogP contribution in [-0.2, 0) is 16.1 Å². The highest BCUT2D eigenvalue weighted by atomic mass is 16.6. The Labute approximate surface area is 163 Å². The van der Waals surface area contributed by atoms with Crippen molar-refractivity contribution in [2.24, 2.45) is 4.99 Å². The minimum Gasteiger partial charge on any atom is -0.489 e. The number of ether oxygens (including phenoxy) is 2. The van der Waals surface area contributed by atoms with Crippen molar-refractivity contribution < 1.29 is 14.3 Å². The lowest BCUT2D eigenvalue weighted by atomic mass is 10.1. The molecule has 0 aliphatic carbocycles. The van der Waals surface area contributed by atoms with Gasteiger partial charge in [-0.1, -0.05) is 60.2 Å². The summed E-state index contributed by atoms with van der Waals surface area (Å²) >= 11 is 0. The monoisotopic (exact) mass is 369 g/mol. The van der Waals surface area contributed by atoms with Gasteiger partial charge in [0, 0.05) is 5.56 Å². The molecule has 0 saturated carbocycles. The van der Waals surface area contributed by atoms with Gasteiger partial charge in [-0.05, 0) is 48.4 Å². The topological polar surface area (TPSA) is 47.9 Å². The molecule has 1 aliphatic rings. The van der Waals surface area contributed by atoms with Crippen molar-refractivity contribution in [1.29, 1.82) is 0 Å². The first kappa shape index (κ1) is 17.7. The molecular weight excluding hydrogens is 350 g/mol. The van der Waals surface area contributed by atoms with E-state index in [9.17, 15) is 4.79 Å². The van der Waals surface area contributed by atoms with E-state index in [-0.39, 0.29) is 5.70 Å². The summed E-state index contributed by atoms with van der Waals surface area (Å²) in [7, 11) is 0. The average Bonchev–Trinajstić information content (AvgIpc) is 3.08. The van der Waals surface area contributed by atoms with Gasteiger partial charge in [0.05, 0.1) is 0 Å². The Morgan fingerprint density at radius 1 is 0.964 bits per heavy atom. The Morgan fingerprint density at radius 3 is 2.54 bits per heavy atom. The van der Waals surface area contributed by atoms with E-state index in [1.807, 2.05) is 85.8 Å². The third-order valence-corrected chi connectivity index (χ3v) is 4.33. The minimum atomic E-state index is -0.453. The molecule has 4 nitrogen and oxygen atoms in total. The van der Waals surface area contributed by atoms with Gasteiger partial charge in [-0.15, -0.1) is 0 Å². The maximum atomic E-state index is 12.2. The summed E-state index contributed by atoms with van der Waals surface area (Å²) in [6, 6.07) is 25.2. The van der Waals surface area contributed by atoms with Gasteiger partial charge in [0.2, 0.25) is 5.90 Å². The van der Waals surface area contributed by atoms with E-state index in [4.69, 9.17) is 9.47 Å². The number of cyclic esters (lactones) is 1. The van der Waals surface area contributed by atoms with Crippen molar-refractivity contribution in [2.45, 2.75) is 13.5 Å². The molecule has 0 spiro atoms. The molecule has 0 amide bonds. The van der Waals surface area contributed by atoms with Gasteiger partial charge in [0.15, 0.2) is 5.70 Å². The molecule has 0 bridgehead atoms. The lowest BCUT2D eigenvalue weighted by Gasteiger charge is -2.07. The van der Waals surface area contributed by atoms with Gasteiger partial charge >= 0.3 is 5.97 Å². The zero-order valence-electron chi connectivity index (χ0n) is 15.5. The van der Waals surface area contributed by atoms with Crippen LogP contribution in [0.4, 0.5) is 0 Å². The summed E-state index contributed by atoms with van der Waals surface area (Å²) < 4.78 is 11.2. The van der Waals surface area contributed by atoms with Crippen molar-refractivity contribution in [2.75, 3.05) is 0 Å². The fourth-order valence-corrected chi connectivity index (χ4v) is 2.82. The molecule has 3 aromatic carbocycles. The third kappa shape index (κ3) is 4.18. The fourth-order valence-electron chi connectivity index (χ4n) is 2.82. The van der Waals surface area contributed by atoms with Crippen molar-refractivity contribution >= 4 is 17.9 Å². The standard InChI is InChI=1S/C24H19NO3/c1-17-10-12-20(13-11-17)23-25-22(24(26)28-23)15-19-8-5-9-21(14-19)27-16-18-6-3-2-4-7-18/h2-15H,16H2,1H3/b22-15-. The molecular formula is C24H19NO3. The van der Waals surface area contributed by atoms with Crippen LogP contribution >= 0.6 is 0 Å². The van der Waals surface area contributed by atoms with Gasteiger partial charge in [0.25, 0.3) is 0 Å². The molecule has 0 aromatic heterocycles. The first-order valence-corrected chi connectivity index (χ1v) is 9.04. The van der Waals surface area contributed by atoms with Crippen LogP contribution in [0.15, 0.2) is 89.6 Å². The molecule has 4 heteroatoms. The molecule has 138 valence electrons. The Balaban J connectivity index is 1.51. The Morgan fingerprint density at radius 2 is 1.75 bits per heavy atom. The van der Waals surface area contributed by atoms with Gasteiger partial charge in [-0.2, -0.15) is 0 Å². The van der Waals surface area contributed by atoms with E-state index < -0.39 is 5.97 Å². The van der Waals surface area contributed by atoms with Crippen LogP contribution < -0.4 is 4.74 Å². The summed E-state index contributed by atoms with van der Waals surface area (Å²) in [4.78, 5) is 16.5. The summed E-state index contributed by atoms with van der Waals surface area (Å²) in [5.74, 6) is 0.603. The molecule has 0 N–H and O–H groups in total. The molecule has 1 heterocycles. The van der Waals surface area contributed by atoms with Crippen molar-refractivity contribution in [3.05, 3.63) is 107 Å². The number of aryl methyl sites for hydroxylation is 1. The number of carbonyl (C=O) groups is 1. The number of hydrogen-bond acceptors (Lipinski definition) is 4. The van der Waals surface area contributed by atoms with Gasteiger partial charge < -0.3 is 9.47 Å². The Kier molecular flexibility index (Phi) is 5.02. The maximum Gasteiger partial charge on any atom is 0.363 e. The van der Waals surface area contributed by atoms with Crippen molar-refractivity contribution in [3.63, 3.8) is 0 Å². The number of benzene rings is 3. The molecule has 1 aliphatic heterocycles. The van der Waals surface area contributed by atoms with Crippen LogP contribution in [-0.4, -0.2) is 11.9 Å². The zero-order chi connectivity index (χ0) is 19.3. The van der Waals surface area contributed by atoms with Gasteiger partial charge in [-0.3, -0.25) is 0 Å². The minimum absolute atomic E-state index is 0.274. The fraction of sp³-hybridized carbons (Fsp3) is 0.0833. The van der Waals surface area contributed by atoms with Crippen molar-refractivity contribution in [3.8, 4) is 5.75 Å². The third-order valence-electron chi connectivity index (χ3n) is 4.33. The van der Waals surface area contributed by atoms with Crippen LogP contribution in [0, 0.1) is 6.92 Å². The lowest BCUT2D eigenvalue weighted by molar-refractivity contribution is -0.129. The van der Waals surface area contributed by atoms with Gasteiger partial charge in [-0.25, -0.2) is 9.79 Å². The largest absolute Gasteiger partial charge is 0.489 e. The lowest BCUT2D eigenvalue weighted by Crippen LogP contribution is -2.05. The van der Waals surface area contributed by atoms with Crippen LogP contribution in [0.3, 0.4) is 0 Å². The van der Waals surface area contributed by atoms with E-state index >= 15 is 0 Å². The van der Waals surface area contributed by atoms with Crippen LogP contribution in [0.25, 0.3) is 6.08 Å².